The van der Waals surface area contributed by atoms with Crippen LogP contribution in [-0.2, 0) is 0 Å². The molecule has 1 aromatic carbocycles. The van der Waals surface area contributed by atoms with Gasteiger partial charge in [0.25, 0.3) is 5.91 Å². The van der Waals surface area contributed by atoms with Crippen LogP contribution in [0.3, 0.4) is 0 Å². The predicted octanol–water partition coefficient (Wildman–Crippen LogP) is 2.51. The molecule has 1 fully saturated rings. The number of halogens is 2. The number of nitrogens with zero attached hydrogens (tertiary/aromatic N) is 4. The number of carbonyl (C=O) groups excluding carboxylic acids is 1. The van der Waals surface area contributed by atoms with Crippen LogP contribution in [0, 0.1) is 5.82 Å². The van der Waals surface area contributed by atoms with Gasteiger partial charge in [-0.15, -0.1) is 17.5 Å². The largest absolute Gasteiger partial charge is 0.332 e. The van der Waals surface area contributed by atoms with Crippen LogP contribution in [-0.4, -0.2) is 44.7 Å². The van der Waals surface area contributed by atoms with Gasteiger partial charge in [0.1, 0.15) is 17.3 Å². The van der Waals surface area contributed by atoms with Crippen LogP contribution >= 0.6 is 12.4 Å². The highest BCUT2D eigenvalue weighted by atomic mass is 35.5. The second kappa shape index (κ2) is 7.93. The molecule has 8 heteroatoms. The molecule has 1 unspecified atom stereocenters. The van der Waals surface area contributed by atoms with Crippen molar-refractivity contribution >= 4 is 18.3 Å². The molecular weight excluding hydrogens is 345 g/mol. The first-order valence-electron chi connectivity index (χ1n) is 8.25. The average molecular weight is 368 g/mol. The van der Waals surface area contributed by atoms with Crippen molar-refractivity contribution in [3.05, 3.63) is 41.7 Å². The highest BCUT2D eigenvalue weighted by Gasteiger charge is 2.31. The molecule has 25 heavy (non-hydrogen) atoms. The van der Waals surface area contributed by atoms with E-state index in [0.717, 1.165) is 12.8 Å². The summed E-state index contributed by atoms with van der Waals surface area (Å²) < 4.78 is 15.6. The second-order valence-corrected chi connectivity index (χ2v) is 6.34. The van der Waals surface area contributed by atoms with Gasteiger partial charge >= 0.3 is 0 Å². The van der Waals surface area contributed by atoms with Gasteiger partial charge in [-0.2, -0.15) is 0 Å². The third kappa shape index (κ3) is 3.67. The monoisotopic (exact) mass is 367 g/mol. The fourth-order valence-electron chi connectivity index (χ4n) is 3.07. The van der Waals surface area contributed by atoms with Crippen molar-refractivity contribution in [2.45, 2.75) is 38.6 Å². The Morgan fingerprint density at radius 1 is 1.40 bits per heavy atom. The number of benzene rings is 1. The number of para-hydroxylation sites is 1. The van der Waals surface area contributed by atoms with Gasteiger partial charge in [-0.25, -0.2) is 14.1 Å². The number of nitrogens with two attached hydrogens (primary N) is 1. The molecule has 0 saturated carbocycles. The summed E-state index contributed by atoms with van der Waals surface area (Å²) in [5.41, 5.74) is 6.04. The second-order valence-electron chi connectivity index (χ2n) is 6.34. The number of carbonyl (C=O) groups is 1. The van der Waals surface area contributed by atoms with E-state index in [9.17, 15) is 9.18 Å². The molecular formula is C17H23ClFN5O. The highest BCUT2D eigenvalue weighted by molar-refractivity contribution is 5.91. The topological polar surface area (TPSA) is 77.0 Å². The van der Waals surface area contributed by atoms with Crippen molar-refractivity contribution in [3.8, 4) is 5.69 Å². The number of aromatic nitrogens is 3. The Labute approximate surface area is 152 Å². The van der Waals surface area contributed by atoms with Crippen LogP contribution in [0.5, 0.6) is 0 Å². The summed E-state index contributed by atoms with van der Waals surface area (Å²) >= 11 is 0. The van der Waals surface area contributed by atoms with Crippen molar-refractivity contribution in [2.24, 2.45) is 5.73 Å². The molecule has 0 spiro atoms. The Morgan fingerprint density at radius 2 is 2.12 bits per heavy atom. The van der Waals surface area contributed by atoms with Gasteiger partial charge in [0.05, 0.1) is 0 Å². The van der Waals surface area contributed by atoms with E-state index in [0.29, 0.717) is 24.6 Å². The Bertz CT molecular complexity index is 748. The zero-order valence-corrected chi connectivity index (χ0v) is 15.2. The molecule has 2 N–H and O–H groups in total. The zero-order valence-electron chi connectivity index (χ0n) is 14.4. The molecule has 1 saturated heterocycles. The van der Waals surface area contributed by atoms with Crippen LogP contribution in [0.15, 0.2) is 24.3 Å². The van der Waals surface area contributed by atoms with E-state index < -0.39 is 5.82 Å². The van der Waals surface area contributed by atoms with Crippen molar-refractivity contribution in [1.82, 2.24) is 19.7 Å². The molecule has 2 heterocycles. The molecule has 1 atom stereocenters. The van der Waals surface area contributed by atoms with Gasteiger partial charge < -0.3 is 10.6 Å². The summed E-state index contributed by atoms with van der Waals surface area (Å²) in [4.78, 5) is 18.9. The van der Waals surface area contributed by atoms with Crippen molar-refractivity contribution in [3.63, 3.8) is 0 Å². The van der Waals surface area contributed by atoms with E-state index in [2.05, 4.69) is 10.1 Å². The Hall–Kier alpha value is -1.99. The minimum absolute atomic E-state index is 0. The van der Waals surface area contributed by atoms with Gasteiger partial charge in [-0.05, 0) is 25.0 Å². The molecule has 2 aromatic rings. The maximum atomic E-state index is 14.1. The standard InChI is InChI=1S/C17H22FN5O.ClH/c1-11(2)16-20-15(17(24)22-9-5-6-12(22)10-19)21-23(16)14-8-4-3-7-13(14)18;/h3-4,7-8,11-12H,5-6,9-10,19H2,1-2H3;1H. The molecule has 0 radical (unpaired) electrons. The van der Waals surface area contributed by atoms with Gasteiger partial charge in [0.2, 0.25) is 5.82 Å². The number of likely N-dealkylation sites (tertiary alicyclic amines) is 1. The van der Waals surface area contributed by atoms with Gasteiger partial charge in [-0.3, -0.25) is 4.79 Å². The number of hydrogen-bond donors (Lipinski definition) is 1. The third-order valence-corrected chi connectivity index (χ3v) is 4.33. The van der Waals surface area contributed by atoms with Crippen molar-refractivity contribution in [2.75, 3.05) is 13.1 Å². The molecule has 136 valence electrons. The first-order valence-corrected chi connectivity index (χ1v) is 8.25. The highest BCUT2D eigenvalue weighted by Crippen LogP contribution is 2.22. The lowest BCUT2D eigenvalue weighted by atomic mass is 10.2. The minimum atomic E-state index is -0.399. The van der Waals surface area contributed by atoms with E-state index in [-0.39, 0.29) is 36.1 Å². The number of hydrogen-bond acceptors (Lipinski definition) is 4. The smallest absolute Gasteiger partial charge is 0.293 e. The van der Waals surface area contributed by atoms with E-state index in [1.807, 2.05) is 13.8 Å². The molecule has 6 nitrogen and oxygen atoms in total. The van der Waals surface area contributed by atoms with Crippen molar-refractivity contribution in [1.29, 1.82) is 0 Å². The molecule has 1 aromatic heterocycles. The molecule has 1 aliphatic rings. The minimum Gasteiger partial charge on any atom is -0.332 e. The normalized spacial score (nSPS) is 17.0. The van der Waals surface area contributed by atoms with E-state index >= 15 is 0 Å². The maximum absolute atomic E-state index is 14.1. The number of rotatable bonds is 4. The fraction of sp³-hybridized carbons (Fsp3) is 0.471. The first kappa shape index (κ1) is 19.3. The van der Waals surface area contributed by atoms with Gasteiger partial charge in [0, 0.05) is 25.0 Å². The van der Waals surface area contributed by atoms with Crippen LogP contribution in [0.4, 0.5) is 4.39 Å². The van der Waals surface area contributed by atoms with Crippen LogP contribution in [0.2, 0.25) is 0 Å². The average Bonchev–Trinajstić information content (AvgIpc) is 3.21. The summed E-state index contributed by atoms with van der Waals surface area (Å²) in [5.74, 6) is 0.0287. The fourth-order valence-corrected chi connectivity index (χ4v) is 3.07. The van der Waals surface area contributed by atoms with Crippen LogP contribution in [0.1, 0.15) is 49.1 Å². The van der Waals surface area contributed by atoms with E-state index in [1.165, 1.54) is 10.7 Å². The first-order chi connectivity index (χ1) is 11.5. The van der Waals surface area contributed by atoms with E-state index in [4.69, 9.17) is 5.73 Å². The SMILES string of the molecule is CC(C)c1nc(C(=O)N2CCCC2CN)nn1-c1ccccc1F.Cl. The lowest BCUT2D eigenvalue weighted by molar-refractivity contribution is 0.0729. The molecule has 1 amide bonds. The summed E-state index contributed by atoms with van der Waals surface area (Å²) in [6, 6.07) is 6.38. The molecule has 0 bridgehead atoms. The summed E-state index contributed by atoms with van der Waals surface area (Å²) in [6.45, 7) is 4.96. The van der Waals surface area contributed by atoms with Gasteiger partial charge in [0.15, 0.2) is 0 Å². The Balaban J connectivity index is 0.00000225. The Morgan fingerprint density at radius 3 is 2.76 bits per heavy atom. The summed E-state index contributed by atoms with van der Waals surface area (Å²) in [6.07, 6.45) is 1.83. The molecule has 3 rings (SSSR count). The summed E-state index contributed by atoms with van der Waals surface area (Å²) in [7, 11) is 0. The molecule has 1 aliphatic heterocycles. The van der Waals surface area contributed by atoms with Crippen molar-refractivity contribution < 1.29 is 9.18 Å². The van der Waals surface area contributed by atoms with Gasteiger partial charge in [-0.1, -0.05) is 26.0 Å². The zero-order chi connectivity index (χ0) is 17.3. The Kier molecular flexibility index (Phi) is 6.13. The van der Waals surface area contributed by atoms with Crippen LogP contribution in [0.25, 0.3) is 5.69 Å². The maximum Gasteiger partial charge on any atom is 0.293 e. The summed E-state index contributed by atoms with van der Waals surface area (Å²) in [5, 5.41) is 4.31. The van der Waals surface area contributed by atoms with Crippen LogP contribution < -0.4 is 5.73 Å². The quantitative estimate of drug-likeness (QED) is 0.900. The lowest BCUT2D eigenvalue weighted by Crippen LogP contribution is -2.40. The third-order valence-electron chi connectivity index (χ3n) is 4.33. The predicted molar refractivity (Wildman–Crippen MR) is 95.8 cm³/mol. The molecule has 0 aliphatic carbocycles. The number of amides is 1. The lowest BCUT2D eigenvalue weighted by Gasteiger charge is -2.21. The van der Waals surface area contributed by atoms with E-state index in [1.54, 1.807) is 23.1 Å².